The molecular weight excluding hydrogens is 440 g/mol. The number of nitrogens with one attached hydrogen (secondary N) is 1. The van der Waals surface area contributed by atoms with Crippen LogP contribution in [0.5, 0.6) is 11.5 Å². The number of hydrogen-bond acceptors (Lipinski definition) is 5. The lowest BCUT2D eigenvalue weighted by Crippen LogP contribution is -2.38. The van der Waals surface area contributed by atoms with Crippen LogP contribution in [-0.4, -0.2) is 35.1 Å². The maximum atomic E-state index is 13.4. The summed E-state index contributed by atoms with van der Waals surface area (Å²) >= 11 is 6.02. The van der Waals surface area contributed by atoms with Crippen LogP contribution in [0.15, 0.2) is 77.7 Å². The molecule has 1 N–H and O–H groups in total. The Bertz CT molecular complexity index is 1170. The van der Waals surface area contributed by atoms with Gasteiger partial charge in [-0.3, -0.25) is 9.10 Å². The number of nitrogens with zero attached hydrogens (tertiary/aromatic N) is 1. The summed E-state index contributed by atoms with van der Waals surface area (Å²) in [6, 6.07) is 19.2. The molecule has 31 heavy (non-hydrogen) atoms. The largest absolute Gasteiger partial charge is 0.495 e. The van der Waals surface area contributed by atoms with Crippen LogP contribution in [0.4, 0.5) is 11.4 Å². The second kappa shape index (κ2) is 9.72. The average molecular weight is 461 g/mol. The van der Waals surface area contributed by atoms with Crippen molar-refractivity contribution in [2.45, 2.75) is 4.90 Å². The summed E-state index contributed by atoms with van der Waals surface area (Å²) in [4.78, 5) is 12.9. The average Bonchev–Trinajstić information content (AvgIpc) is 2.78. The molecule has 0 radical (unpaired) electrons. The Morgan fingerprint density at radius 2 is 1.58 bits per heavy atom. The Kier molecular flexibility index (Phi) is 7.04. The number of hydrogen-bond donors (Lipinski definition) is 1. The first-order valence-corrected chi connectivity index (χ1v) is 11.0. The van der Waals surface area contributed by atoms with Crippen molar-refractivity contribution in [3.05, 3.63) is 77.8 Å². The van der Waals surface area contributed by atoms with E-state index in [-0.39, 0.29) is 10.6 Å². The van der Waals surface area contributed by atoms with Crippen molar-refractivity contribution in [1.82, 2.24) is 0 Å². The van der Waals surface area contributed by atoms with Gasteiger partial charge in [-0.1, -0.05) is 41.9 Å². The number of para-hydroxylation sites is 2. The molecule has 0 heterocycles. The highest BCUT2D eigenvalue weighted by molar-refractivity contribution is 7.92. The van der Waals surface area contributed by atoms with Gasteiger partial charge in [0.25, 0.3) is 10.0 Å². The number of amides is 1. The molecule has 0 bridgehead atoms. The summed E-state index contributed by atoms with van der Waals surface area (Å²) in [5.74, 6) is 0.133. The smallest absolute Gasteiger partial charge is 0.264 e. The normalized spacial score (nSPS) is 10.9. The van der Waals surface area contributed by atoms with E-state index in [1.54, 1.807) is 54.6 Å². The third-order valence-corrected chi connectivity index (χ3v) is 6.42. The van der Waals surface area contributed by atoms with Gasteiger partial charge in [0.05, 0.1) is 30.5 Å². The zero-order chi connectivity index (χ0) is 22.4. The third kappa shape index (κ3) is 5.10. The van der Waals surface area contributed by atoms with E-state index in [1.807, 2.05) is 0 Å². The van der Waals surface area contributed by atoms with E-state index in [0.29, 0.717) is 22.2 Å². The van der Waals surface area contributed by atoms with Crippen LogP contribution in [0.1, 0.15) is 0 Å². The quantitative estimate of drug-likeness (QED) is 0.544. The lowest BCUT2D eigenvalue weighted by Gasteiger charge is -2.25. The van der Waals surface area contributed by atoms with Gasteiger partial charge in [-0.25, -0.2) is 8.42 Å². The lowest BCUT2D eigenvalue weighted by atomic mass is 10.2. The van der Waals surface area contributed by atoms with E-state index in [9.17, 15) is 13.2 Å². The summed E-state index contributed by atoms with van der Waals surface area (Å²) in [6.07, 6.45) is 0. The van der Waals surface area contributed by atoms with Gasteiger partial charge >= 0.3 is 0 Å². The van der Waals surface area contributed by atoms with Gasteiger partial charge in [0.2, 0.25) is 5.91 Å². The highest BCUT2D eigenvalue weighted by atomic mass is 35.5. The monoisotopic (exact) mass is 460 g/mol. The molecule has 162 valence electrons. The molecular formula is C22H21ClN2O5S. The van der Waals surface area contributed by atoms with Gasteiger partial charge in [-0.05, 0) is 42.5 Å². The topological polar surface area (TPSA) is 84.9 Å². The number of sulfonamides is 1. The molecule has 3 aromatic carbocycles. The van der Waals surface area contributed by atoms with Crippen LogP contribution in [0, 0.1) is 0 Å². The summed E-state index contributed by atoms with van der Waals surface area (Å²) < 4.78 is 38.4. The minimum Gasteiger partial charge on any atom is -0.495 e. The number of carbonyl (C=O) groups is 1. The molecule has 0 fully saturated rings. The van der Waals surface area contributed by atoms with Gasteiger partial charge < -0.3 is 14.8 Å². The second-order valence-electron chi connectivity index (χ2n) is 6.39. The number of methoxy groups -OCH3 is 2. The van der Waals surface area contributed by atoms with Crippen molar-refractivity contribution in [3.63, 3.8) is 0 Å². The lowest BCUT2D eigenvalue weighted by molar-refractivity contribution is -0.114. The van der Waals surface area contributed by atoms with Crippen molar-refractivity contribution < 1.29 is 22.7 Å². The first-order chi connectivity index (χ1) is 14.9. The number of halogens is 1. The van der Waals surface area contributed by atoms with Crippen LogP contribution in [-0.2, 0) is 14.8 Å². The molecule has 0 aromatic heterocycles. The summed E-state index contributed by atoms with van der Waals surface area (Å²) in [5, 5.41) is 3.07. The standard InChI is InChI=1S/C22H21ClN2O5S/c1-29-20-13-12-16(23)14-18(20)24-22(26)15-25(19-10-6-7-11-21(19)30-2)31(27,28)17-8-4-3-5-9-17/h3-14H,15H2,1-2H3,(H,24,26). The predicted molar refractivity (Wildman–Crippen MR) is 121 cm³/mol. The van der Waals surface area contributed by atoms with E-state index < -0.39 is 22.5 Å². The SMILES string of the molecule is COc1ccc(Cl)cc1NC(=O)CN(c1ccccc1OC)S(=O)(=O)c1ccccc1. The van der Waals surface area contributed by atoms with E-state index in [4.69, 9.17) is 21.1 Å². The molecule has 0 saturated carbocycles. The molecule has 0 aliphatic rings. The Hall–Kier alpha value is -3.23. The molecule has 0 atom stereocenters. The van der Waals surface area contributed by atoms with E-state index >= 15 is 0 Å². The van der Waals surface area contributed by atoms with Gasteiger partial charge in [0, 0.05) is 5.02 Å². The number of rotatable bonds is 8. The molecule has 0 aliphatic heterocycles. The van der Waals surface area contributed by atoms with Crippen LogP contribution >= 0.6 is 11.6 Å². The highest BCUT2D eigenvalue weighted by Crippen LogP contribution is 2.33. The first-order valence-electron chi connectivity index (χ1n) is 9.21. The number of ether oxygens (including phenoxy) is 2. The van der Waals surface area contributed by atoms with Crippen LogP contribution in [0.2, 0.25) is 5.02 Å². The van der Waals surface area contributed by atoms with E-state index in [1.165, 1.54) is 32.4 Å². The Morgan fingerprint density at radius 1 is 0.935 bits per heavy atom. The summed E-state index contributed by atoms with van der Waals surface area (Å²) in [7, 11) is -1.17. The fourth-order valence-electron chi connectivity index (χ4n) is 2.95. The molecule has 0 spiro atoms. The molecule has 3 rings (SSSR count). The molecule has 9 heteroatoms. The van der Waals surface area contributed by atoms with Crippen molar-refractivity contribution in [2.24, 2.45) is 0 Å². The van der Waals surface area contributed by atoms with Crippen LogP contribution in [0.25, 0.3) is 0 Å². The van der Waals surface area contributed by atoms with Crippen LogP contribution in [0.3, 0.4) is 0 Å². The highest BCUT2D eigenvalue weighted by Gasteiger charge is 2.29. The maximum absolute atomic E-state index is 13.4. The zero-order valence-electron chi connectivity index (χ0n) is 16.9. The maximum Gasteiger partial charge on any atom is 0.264 e. The second-order valence-corrected chi connectivity index (χ2v) is 8.69. The third-order valence-electron chi connectivity index (χ3n) is 4.41. The van der Waals surface area contributed by atoms with Crippen molar-refractivity contribution in [3.8, 4) is 11.5 Å². The summed E-state index contributed by atoms with van der Waals surface area (Å²) in [6.45, 7) is -0.493. The zero-order valence-corrected chi connectivity index (χ0v) is 18.5. The number of carbonyl (C=O) groups excluding carboxylic acids is 1. The van der Waals surface area contributed by atoms with Gasteiger partial charge in [-0.2, -0.15) is 0 Å². The Balaban J connectivity index is 2.00. The molecule has 0 aliphatic carbocycles. The fraction of sp³-hybridized carbons (Fsp3) is 0.136. The Labute approximate surface area is 186 Å². The number of benzene rings is 3. The minimum absolute atomic E-state index is 0.0500. The fourth-order valence-corrected chi connectivity index (χ4v) is 4.58. The van der Waals surface area contributed by atoms with Crippen molar-refractivity contribution in [2.75, 3.05) is 30.4 Å². The van der Waals surface area contributed by atoms with E-state index in [2.05, 4.69) is 5.32 Å². The first kappa shape index (κ1) is 22.5. The van der Waals surface area contributed by atoms with Gasteiger partial charge in [0.1, 0.15) is 18.0 Å². The molecule has 0 saturated heterocycles. The predicted octanol–water partition coefficient (Wildman–Crippen LogP) is 4.19. The molecule has 0 unspecified atom stereocenters. The molecule has 7 nitrogen and oxygen atoms in total. The minimum atomic E-state index is -4.06. The molecule has 3 aromatic rings. The van der Waals surface area contributed by atoms with Gasteiger partial charge in [-0.15, -0.1) is 0 Å². The number of anilines is 2. The van der Waals surface area contributed by atoms with E-state index in [0.717, 1.165) is 4.31 Å². The molecule has 1 amide bonds. The van der Waals surface area contributed by atoms with Crippen LogP contribution < -0.4 is 19.1 Å². The summed E-state index contributed by atoms with van der Waals surface area (Å²) in [5.41, 5.74) is 0.569. The van der Waals surface area contributed by atoms with Crippen molar-refractivity contribution in [1.29, 1.82) is 0 Å². The van der Waals surface area contributed by atoms with Crippen molar-refractivity contribution >= 4 is 38.9 Å². The Morgan fingerprint density at radius 3 is 2.26 bits per heavy atom. The van der Waals surface area contributed by atoms with Gasteiger partial charge in [0.15, 0.2) is 0 Å².